The molecule has 0 amide bonds. The van der Waals surface area contributed by atoms with E-state index in [1.165, 1.54) is 10.8 Å². The summed E-state index contributed by atoms with van der Waals surface area (Å²) in [5.41, 5.74) is -0.452. The number of nitrogens with zero attached hydrogens (tertiary/aromatic N) is 1. The first-order valence-electron chi connectivity index (χ1n) is 8.52. The van der Waals surface area contributed by atoms with Gasteiger partial charge >= 0.3 is 5.97 Å². The van der Waals surface area contributed by atoms with Crippen LogP contribution in [0.1, 0.15) is 17.3 Å². The lowest BCUT2D eigenvalue weighted by atomic mass is 10.1. The Bertz CT molecular complexity index is 1080. The van der Waals surface area contributed by atoms with E-state index in [-0.39, 0.29) is 36.3 Å². The number of hydrogen-bond acceptors (Lipinski definition) is 5. The Morgan fingerprint density at radius 3 is 2.46 bits per heavy atom. The fourth-order valence-electron chi connectivity index (χ4n) is 2.75. The number of aliphatic hydroxyl groups is 1. The first kappa shape index (κ1) is 19.5. The van der Waals surface area contributed by atoms with Gasteiger partial charge in [-0.3, -0.25) is 4.79 Å². The number of rotatable bonds is 6. The summed E-state index contributed by atoms with van der Waals surface area (Å²) in [4.78, 5) is 24.8. The molecular formula is C20H17F2NO5. The predicted molar refractivity (Wildman–Crippen MR) is 98.0 cm³/mol. The average Bonchev–Trinajstić information content (AvgIpc) is 2.69. The molecule has 2 aromatic carbocycles. The van der Waals surface area contributed by atoms with Gasteiger partial charge in [0.05, 0.1) is 24.1 Å². The van der Waals surface area contributed by atoms with Crippen LogP contribution in [0.15, 0.2) is 47.4 Å². The molecule has 146 valence electrons. The molecule has 0 radical (unpaired) electrons. The first-order valence-corrected chi connectivity index (χ1v) is 8.52. The summed E-state index contributed by atoms with van der Waals surface area (Å²) in [5.74, 6) is -2.67. The van der Waals surface area contributed by atoms with E-state index >= 15 is 0 Å². The summed E-state index contributed by atoms with van der Waals surface area (Å²) in [6, 6.07) is 8.12. The number of aliphatic hydroxyl groups excluding tert-OH is 1. The van der Waals surface area contributed by atoms with E-state index in [1.54, 1.807) is 31.2 Å². The lowest BCUT2D eigenvalue weighted by molar-refractivity contribution is 0.0524. The van der Waals surface area contributed by atoms with E-state index in [9.17, 15) is 18.4 Å². The van der Waals surface area contributed by atoms with Crippen LogP contribution < -0.4 is 10.2 Å². The zero-order valence-corrected chi connectivity index (χ0v) is 14.9. The molecule has 0 aliphatic carbocycles. The molecule has 0 unspecified atom stereocenters. The molecule has 0 atom stereocenters. The smallest absolute Gasteiger partial charge is 0.343 e. The van der Waals surface area contributed by atoms with Crippen molar-refractivity contribution in [3.05, 3.63) is 70.0 Å². The number of hydrogen-bond donors (Lipinski definition) is 1. The lowest BCUT2D eigenvalue weighted by Crippen LogP contribution is -2.21. The molecule has 1 heterocycles. The highest BCUT2D eigenvalue weighted by molar-refractivity contribution is 5.94. The summed E-state index contributed by atoms with van der Waals surface area (Å²) in [6.45, 7) is 1.64. The molecule has 1 aromatic heterocycles. The van der Waals surface area contributed by atoms with Crippen molar-refractivity contribution < 1.29 is 28.2 Å². The number of halogens is 2. The maximum Gasteiger partial charge on any atom is 0.343 e. The van der Waals surface area contributed by atoms with Gasteiger partial charge in [-0.2, -0.15) is 0 Å². The van der Waals surface area contributed by atoms with Crippen LogP contribution in [0.5, 0.6) is 5.75 Å². The summed E-state index contributed by atoms with van der Waals surface area (Å²) >= 11 is 0. The standard InChI is InChI=1S/C20H17F2NO5/c1-2-27-20(26)15-11-23(12-3-5-13(6-4-12)28-8-7-24)18-10-17(22)16(21)9-14(18)19(15)25/h3-6,9-11,24H,2,7-8H2,1H3. The van der Waals surface area contributed by atoms with Gasteiger partial charge in [-0.05, 0) is 37.3 Å². The van der Waals surface area contributed by atoms with E-state index in [0.29, 0.717) is 11.4 Å². The molecule has 0 saturated carbocycles. The summed E-state index contributed by atoms with van der Waals surface area (Å²) in [5, 5.41) is 8.66. The Morgan fingerprint density at radius 2 is 1.82 bits per heavy atom. The largest absolute Gasteiger partial charge is 0.491 e. The van der Waals surface area contributed by atoms with Crippen molar-refractivity contribution in [1.82, 2.24) is 4.57 Å². The highest BCUT2D eigenvalue weighted by atomic mass is 19.2. The monoisotopic (exact) mass is 389 g/mol. The molecule has 3 aromatic rings. The molecule has 6 nitrogen and oxygen atoms in total. The molecule has 1 N–H and O–H groups in total. The molecule has 8 heteroatoms. The highest BCUT2D eigenvalue weighted by Gasteiger charge is 2.19. The Kier molecular flexibility index (Phi) is 5.70. The Hall–Kier alpha value is -3.26. The van der Waals surface area contributed by atoms with Crippen LogP contribution in [0.2, 0.25) is 0 Å². The maximum absolute atomic E-state index is 13.8. The summed E-state index contributed by atoms with van der Waals surface area (Å²) in [7, 11) is 0. The average molecular weight is 389 g/mol. The predicted octanol–water partition coefficient (Wildman–Crippen LogP) is 2.82. The zero-order chi connectivity index (χ0) is 20.3. The second kappa shape index (κ2) is 8.18. The molecule has 3 rings (SSSR count). The van der Waals surface area contributed by atoms with Gasteiger partial charge in [0.1, 0.15) is 17.9 Å². The first-order chi connectivity index (χ1) is 13.5. The van der Waals surface area contributed by atoms with Crippen LogP contribution in [-0.4, -0.2) is 35.5 Å². The van der Waals surface area contributed by atoms with Gasteiger partial charge in [0, 0.05) is 18.0 Å². The van der Waals surface area contributed by atoms with Crippen LogP contribution in [0, 0.1) is 11.6 Å². The number of carbonyl (C=O) groups excluding carboxylic acids is 1. The van der Waals surface area contributed by atoms with Crippen molar-refractivity contribution in [3.63, 3.8) is 0 Å². The van der Waals surface area contributed by atoms with E-state index in [0.717, 1.165) is 12.1 Å². The summed E-state index contributed by atoms with van der Waals surface area (Å²) in [6.07, 6.45) is 1.24. The van der Waals surface area contributed by atoms with Crippen molar-refractivity contribution >= 4 is 16.9 Å². The van der Waals surface area contributed by atoms with Crippen molar-refractivity contribution in [3.8, 4) is 11.4 Å². The quantitative estimate of drug-likeness (QED) is 0.656. The van der Waals surface area contributed by atoms with Crippen molar-refractivity contribution in [2.24, 2.45) is 0 Å². The fourth-order valence-corrected chi connectivity index (χ4v) is 2.75. The molecule has 28 heavy (non-hydrogen) atoms. The third-order valence-electron chi connectivity index (χ3n) is 4.02. The minimum absolute atomic E-state index is 0.0605. The van der Waals surface area contributed by atoms with Gasteiger partial charge in [0.2, 0.25) is 5.43 Å². The van der Waals surface area contributed by atoms with Gasteiger partial charge in [0.15, 0.2) is 11.6 Å². The molecule has 0 bridgehead atoms. The maximum atomic E-state index is 13.8. The molecule has 0 spiro atoms. The second-order valence-electron chi connectivity index (χ2n) is 5.81. The number of aromatic nitrogens is 1. The molecule has 0 saturated heterocycles. The molecule has 0 fully saturated rings. The minimum Gasteiger partial charge on any atom is -0.491 e. The fraction of sp³-hybridized carbons (Fsp3) is 0.200. The van der Waals surface area contributed by atoms with Gasteiger partial charge in [0.25, 0.3) is 0 Å². The normalized spacial score (nSPS) is 10.9. The molecule has 0 aliphatic heterocycles. The number of pyridine rings is 1. The van der Waals surface area contributed by atoms with Crippen LogP contribution in [0.4, 0.5) is 8.78 Å². The van der Waals surface area contributed by atoms with Crippen molar-refractivity contribution in [2.75, 3.05) is 19.8 Å². The van der Waals surface area contributed by atoms with Crippen molar-refractivity contribution in [2.45, 2.75) is 6.92 Å². The van der Waals surface area contributed by atoms with E-state index in [4.69, 9.17) is 14.6 Å². The van der Waals surface area contributed by atoms with Gasteiger partial charge in [-0.25, -0.2) is 13.6 Å². The Balaban J connectivity index is 2.22. The van der Waals surface area contributed by atoms with Gasteiger partial charge in [-0.1, -0.05) is 0 Å². The van der Waals surface area contributed by atoms with E-state index in [1.807, 2.05) is 0 Å². The topological polar surface area (TPSA) is 77.8 Å². The van der Waals surface area contributed by atoms with Crippen LogP contribution in [0.3, 0.4) is 0 Å². The minimum atomic E-state index is -1.19. The highest BCUT2D eigenvalue weighted by Crippen LogP contribution is 2.23. The third kappa shape index (κ3) is 3.72. The number of fused-ring (bicyclic) bond motifs is 1. The molecular weight excluding hydrogens is 372 g/mol. The van der Waals surface area contributed by atoms with Gasteiger partial charge in [-0.15, -0.1) is 0 Å². The molecule has 0 aliphatic rings. The Labute approximate surface area is 158 Å². The van der Waals surface area contributed by atoms with Gasteiger partial charge < -0.3 is 19.1 Å². The summed E-state index contributed by atoms with van der Waals surface area (Å²) < 4.78 is 39.2. The zero-order valence-electron chi connectivity index (χ0n) is 14.9. The number of ether oxygens (including phenoxy) is 2. The SMILES string of the molecule is CCOC(=O)c1cn(-c2ccc(OCCO)cc2)c2cc(F)c(F)cc2c1=O. The number of esters is 1. The van der Waals surface area contributed by atoms with Crippen LogP contribution in [0.25, 0.3) is 16.6 Å². The number of carbonyl (C=O) groups is 1. The lowest BCUT2D eigenvalue weighted by Gasteiger charge is -2.14. The second-order valence-corrected chi connectivity index (χ2v) is 5.81. The van der Waals surface area contributed by atoms with E-state index in [2.05, 4.69) is 0 Å². The van der Waals surface area contributed by atoms with Crippen LogP contribution >= 0.6 is 0 Å². The third-order valence-corrected chi connectivity index (χ3v) is 4.02. The van der Waals surface area contributed by atoms with Crippen molar-refractivity contribution in [1.29, 1.82) is 0 Å². The Morgan fingerprint density at radius 1 is 1.14 bits per heavy atom. The van der Waals surface area contributed by atoms with E-state index < -0.39 is 23.0 Å². The number of benzene rings is 2. The van der Waals surface area contributed by atoms with Crippen LogP contribution in [-0.2, 0) is 4.74 Å².